The molecule has 2 aromatic rings. The van der Waals surface area contributed by atoms with E-state index in [1.807, 2.05) is 30.3 Å². The van der Waals surface area contributed by atoms with Crippen LogP contribution in [0.25, 0.3) is 0 Å². The number of carbonyl (C=O) groups is 1. The normalized spacial score (nSPS) is 14.7. The van der Waals surface area contributed by atoms with E-state index < -0.39 is 0 Å². The summed E-state index contributed by atoms with van der Waals surface area (Å²) in [6, 6.07) is 11.1. The Kier molecular flexibility index (Phi) is 6.52. The van der Waals surface area contributed by atoms with Crippen LogP contribution < -0.4 is 19.7 Å². The number of ether oxygens (including phenoxy) is 2. The predicted octanol–water partition coefficient (Wildman–Crippen LogP) is 3.14. The summed E-state index contributed by atoms with van der Waals surface area (Å²) in [5.41, 5.74) is 1.51. The molecule has 0 radical (unpaired) electrons. The van der Waals surface area contributed by atoms with Crippen LogP contribution in [0.2, 0.25) is 0 Å². The van der Waals surface area contributed by atoms with Gasteiger partial charge in [-0.25, -0.2) is 4.98 Å². The zero-order chi connectivity index (χ0) is 19.1. The number of aromatic nitrogens is 1. The Morgan fingerprint density at radius 1 is 1.15 bits per heavy atom. The van der Waals surface area contributed by atoms with E-state index in [0.29, 0.717) is 18.8 Å². The number of carbonyl (C=O) groups excluding carboxylic acids is 1. The minimum atomic E-state index is -0.188. The predicted molar refractivity (Wildman–Crippen MR) is 106 cm³/mol. The Morgan fingerprint density at radius 2 is 1.85 bits per heavy atom. The van der Waals surface area contributed by atoms with Crippen LogP contribution >= 0.6 is 0 Å². The molecule has 1 N–H and O–H groups in total. The lowest BCUT2D eigenvalue weighted by molar-refractivity contribution is 0.0942. The van der Waals surface area contributed by atoms with E-state index in [1.54, 1.807) is 19.4 Å². The topological polar surface area (TPSA) is 63.7 Å². The second kappa shape index (κ2) is 9.26. The highest BCUT2D eigenvalue weighted by molar-refractivity contribution is 5.92. The molecule has 1 aromatic heterocycles. The standard InChI is InChI=1S/C21H27N3O3/c1-16-9-12-24(13-10-16)17-3-8-20(23-15-17)21(25)22-11-14-27-19-6-4-18(26-2)5-7-19/h3-8,15-16H,9-14H2,1-2H3,(H,22,25). The van der Waals surface area contributed by atoms with Crippen molar-refractivity contribution in [3.05, 3.63) is 48.3 Å². The highest BCUT2D eigenvalue weighted by Gasteiger charge is 2.16. The Bertz CT molecular complexity index is 723. The zero-order valence-electron chi connectivity index (χ0n) is 16.0. The molecular weight excluding hydrogens is 342 g/mol. The number of benzene rings is 1. The highest BCUT2D eigenvalue weighted by Crippen LogP contribution is 2.22. The van der Waals surface area contributed by atoms with Gasteiger partial charge < -0.3 is 19.7 Å². The van der Waals surface area contributed by atoms with Crippen LogP contribution in [-0.4, -0.2) is 44.2 Å². The maximum atomic E-state index is 12.2. The molecule has 6 heteroatoms. The Labute approximate surface area is 160 Å². The molecule has 0 bridgehead atoms. The first-order valence-electron chi connectivity index (χ1n) is 9.42. The number of hydrogen-bond acceptors (Lipinski definition) is 5. The first-order valence-corrected chi connectivity index (χ1v) is 9.42. The number of hydrogen-bond donors (Lipinski definition) is 1. The van der Waals surface area contributed by atoms with Crippen molar-refractivity contribution in [2.45, 2.75) is 19.8 Å². The molecule has 6 nitrogen and oxygen atoms in total. The largest absolute Gasteiger partial charge is 0.497 e. The van der Waals surface area contributed by atoms with Gasteiger partial charge in [0, 0.05) is 13.1 Å². The summed E-state index contributed by atoms with van der Waals surface area (Å²) in [4.78, 5) is 18.9. The zero-order valence-corrected chi connectivity index (χ0v) is 16.0. The number of anilines is 1. The third-order valence-electron chi connectivity index (χ3n) is 4.85. The monoisotopic (exact) mass is 369 g/mol. The number of piperidine rings is 1. The second-order valence-corrected chi connectivity index (χ2v) is 6.85. The van der Waals surface area contributed by atoms with Crippen molar-refractivity contribution < 1.29 is 14.3 Å². The lowest BCUT2D eigenvalue weighted by Gasteiger charge is -2.31. The molecule has 3 rings (SSSR count). The van der Waals surface area contributed by atoms with Crippen molar-refractivity contribution in [3.8, 4) is 11.5 Å². The van der Waals surface area contributed by atoms with Crippen LogP contribution in [-0.2, 0) is 0 Å². The lowest BCUT2D eigenvalue weighted by Crippen LogP contribution is -2.33. The molecule has 144 valence electrons. The third kappa shape index (κ3) is 5.36. The number of methoxy groups -OCH3 is 1. The quantitative estimate of drug-likeness (QED) is 0.760. The Balaban J connectivity index is 1.42. The number of nitrogens with zero attached hydrogens (tertiary/aromatic N) is 2. The number of amides is 1. The number of pyridine rings is 1. The van der Waals surface area contributed by atoms with Crippen LogP contribution in [0.3, 0.4) is 0 Å². The molecular formula is C21H27N3O3. The molecule has 1 aliphatic heterocycles. The third-order valence-corrected chi connectivity index (χ3v) is 4.85. The van der Waals surface area contributed by atoms with Gasteiger partial charge in [0.25, 0.3) is 5.91 Å². The van der Waals surface area contributed by atoms with Gasteiger partial charge in [0.1, 0.15) is 23.8 Å². The van der Waals surface area contributed by atoms with E-state index in [1.165, 1.54) is 12.8 Å². The fourth-order valence-electron chi connectivity index (χ4n) is 3.07. The summed E-state index contributed by atoms with van der Waals surface area (Å²) in [6.07, 6.45) is 4.20. The smallest absolute Gasteiger partial charge is 0.269 e. The van der Waals surface area contributed by atoms with Crippen LogP contribution in [0.4, 0.5) is 5.69 Å². The van der Waals surface area contributed by atoms with Gasteiger partial charge in [0.15, 0.2) is 0 Å². The van der Waals surface area contributed by atoms with Crippen molar-refractivity contribution >= 4 is 11.6 Å². The van der Waals surface area contributed by atoms with Gasteiger partial charge in [-0.2, -0.15) is 0 Å². The van der Waals surface area contributed by atoms with Crippen molar-refractivity contribution in [3.63, 3.8) is 0 Å². The minimum absolute atomic E-state index is 0.188. The molecule has 0 unspecified atom stereocenters. The van der Waals surface area contributed by atoms with E-state index in [9.17, 15) is 4.79 Å². The average Bonchev–Trinajstić information content (AvgIpc) is 2.72. The number of rotatable bonds is 7. The summed E-state index contributed by atoms with van der Waals surface area (Å²) in [6.45, 7) is 5.20. The summed E-state index contributed by atoms with van der Waals surface area (Å²) in [5.74, 6) is 2.12. The molecule has 2 heterocycles. The average molecular weight is 369 g/mol. The van der Waals surface area contributed by atoms with Crippen LogP contribution in [0.1, 0.15) is 30.3 Å². The van der Waals surface area contributed by atoms with E-state index in [4.69, 9.17) is 9.47 Å². The number of nitrogens with one attached hydrogen (secondary N) is 1. The fourth-order valence-corrected chi connectivity index (χ4v) is 3.07. The lowest BCUT2D eigenvalue weighted by atomic mass is 9.99. The van der Waals surface area contributed by atoms with Gasteiger partial charge >= 0.3 is 0 Å². The molecule has 1 fully saturated rings. The summed E-state index contributed by atoms with van der Waals surface area (Å²) in [5, 5.41) is 2.83. The minimum Gasteiger partial charge on any atom is -0.497 e. The highest BCUT2D eigenvalue weighted by atomic mass is 16.5. The Hall–Kier alpha value is -2.76. The summed E-state index contributed by atoms with van der Waals surface area (Å²) in [7, 11) is 1.62. The van der Waals surface area contributed by atoms with Crippen LogP contribution in [0.15, 0.2) is 42.6 Å². The van der Waals surface area contributed by atoms with Crippen molar-refractivity contribution in [2.24, 2.45) is 5.92 Å². The molecule has 0 spiro atoms. The van der Waals surface area contributed by atoms with E-state index in [0.717, 1.165) is 36.2 Å². The van der Waals surface area contributed by atoms with Crippen molar-refractivity contribution in [2.75, 3.05) is 38.3 Å². The maximum absolute atomic E-state index is 12.2. The SMILES string of the molecule is COc1ccc(OCCNC(=O)c2ccc(N3CCC(C)CC3)cn2)cc1. The van der Waals surface area contributed by atoms with Gasteiger partial charge in [-0.1, -0.05) is 6.92 Å². The molecule has 1 saturated heterocycles. The molecule has 27 heavy (non-hydrogen) atoms. The van der Waals surface area contributed by atoms with Crippen LogP contribution in [0, 0.1) is 5.92 Å². The first kappa shape index (κ1) is 19.0. The van der Waals surface area contributed by atoms with Crippen LogP contribution in [0.5, 0.6) is 11.5 Å². The van der Waals surface area contributed by atoms with E-state index in [-0.39, 0.29) is 5.91 Å². The van der Waals surface area contributed by atoms with Crippen molar-refractivity contribution in [1.82, 2.24) is 10.3 Å². The molecule has 1 amide bonds. The fraction of sp³-hybridized carbons (Fsp3) is 0.429. The second-order valence-electron chi connectivity index (χ2n) is 6.85. The van der Waals surface area contributed by atoms with Gasteiger partial charge in [-0.05, 0) is 55.2 Å². The summed E-state index contributed by atoms with van der Waals surface area (Å²) >= 11 is 0. The van der Waals surface area contributed by atoms with Gasteiger partial charge in [0.05, 0.1) is 25.5 Å². The van der Waals surface area contributed by atoms with Crippen molar-refractivity contribution in [1.29, 1.82) is 0 Å². The van der Waals surface area contributed by atoms with E-state index >= 15 is 0 Å². The maximum Gasteiger partial charge on any atom is 0.269 e. The molecule has 0 atom stereocenters. The Morgan fingerprint density at radius 3 is 2.48 bits per heavy atom. The molecule has 1 aromatic carbocycles. The van der Waals surface area contributed by atoms with E-state index in [2.05, 4.69) is 22.1 Å². The van der Waals surface area contributed by atoms with Gasteiger partial charge in [0.2, 0.25) is 0 Å². The molecule has 1 aliphatic rings. The molecule has 0 saturated carbocycles. The summed E-state index contributed by atoms with van der Waals surface area (Å²) < 4.78 is 10.7. The van der Waals surface area contributed by atoms with Gasteiger partial charge in [-0.3, -0.25) is 4.79 Å². The van der Waals surface area contributed by atoms with Gasteiger partial charge in [-0.15, -0.1) is 0 Å². The molecule has 0 aliphatic carbocycles. The first-order chi connectivity index (χ1) is 13.2.